The fourth-order valence-electron chi connectivity index (χ4n) is 1.67. The highest BCUT2D eigenvalue weighted by Gasteiger charge is 2.09. The Kier molecular flexibility index (Phi) is 1.98. The molecule has 0 aliphatic carbocycles. The average Bonchev–Trinajstić information content (AvgIpc) is 2.74. The number of anilines is 1. The molecule has 1 aromatic carbocycles. The van der Waals surface area contributed by atoms with Gasteiger partial charge < -0.3 is 15.1 Å². The molecule has 0 bridgehead atoms. The average molecular weight is 227 g/mol. The second-order valence-corrected chi connectivity index (χ2v) is 3.65. The number of nitrogens with two attached hydrogens (primary N) is 1. The molecular formula is C12H9N3O2. The summed E-state index contributed by atoms with van der Waals surface area (Å²) < 4.78 is 5.55. The van der Waals surface area contributed by atoms with Crippen molar-refractivity contribution in [1.82, 2.24) is 9.97 Å². The molecule has 17 heavy (non-hydrogen) atoms. The number of fused-ring (bicyclic) bond motifs is 1. The maximum absolute atomic E-state index is 11.2. The van der Waals surface area contributed by atoms with Crippen LogP contribution in [0, 0.1) is 0 Å². The number of oxazole rings is 1. The van der Waals surface area contributed by atoms with Crippen LogP contribution in [0.15, 0.2) is 45.7 Å². The van der Waals surface area contributed by atoms with Gasteiger partial charge in [0.2, 0.25) is 11.4 Å². The predicted molar refractivity (Wildman–Crippen MR) is 64.5 cm³/mol. The zero-order chi connectivity index (χ0) is 11.8. The lowest BCUT2D eigenvalue weighted by atomic mass is 10.2. The number of pyridine rings is 1. The molecule has 0 atom stereocenters. The standard InChI is InChI=1S/C12H9N3O2/c13-8-2-1-3-9-11(8)15-12(17-9)7-4-5-14-10(16)6-7/h1-6H,13H2,(H,14,16). The Morgan fingerprint density at radius 3 is 2.94 bits per heavy atom. The molecule has 0 aliphatic rings. The summed E-state index contributed by atoms with van der Waals surface area (Å²) in [6.45, 7) is 0. The van der Waals surface area contributed by atoms with Gasteiger partial charge in [0.25, 0.3) is 0 Å². The molecule has 0 saturated heterocycles. The van der Waals surface area contributed by atoms with Crippen LogP contribution in [0.2, 0.25) is 0 Å². The Morgan fingerprint density at radius 2 is 2.18 bits per heavy atom. The number of nitrogens with one attached hydrogen (secondary N) is 1. The Hall–Kier alpha value is -2.56. The van der Waals surface area contributed by atoms with E-state index in [4.69, 9.17) is 10.2 Å². The zero-order valence-corrected chi connectivity index (χ0v) is 8.81. The predicted octanol–water partition coefficient (Wildman–Crippen LogP) is 1.77. The lowest BCUT2D eigenvalue weighted by Gasteiger charge is -1.91. The lowest BCUT2D eigenvalue weighted by Crippen LogP contribution is -2.01. The largest absolute Gasteiger partial charge is 0.436 e. The highest BCUT2D eigenvalue weighted by Crippen LogP contribution is 2.26. The fraction of sp³-hybridized carbons (Fsp3) is 0. The van der Waals surface area contributed by atoms with Crippen LogP contribution in [0.5, 0.6) is 0 Å². The maximum atomic E-state index is 11.2. The van der Waals surface area contributed by atoms with Gasteiger partial charge in [0.15, 0.2) is 5.58 Å². The molecule has 0 amide bonds. The molecule has 0 fully saturated rings. The topological polar surface area (TPSA) is 84.9 Å². The zero-order valence-electron chi connectivity index (χ0n) is 8.81. The van der Waals surface area contributed by atoms with Crippen LogP contribution >= 0.6 is 0 Å². The minimum absolute atomic E-state index is 0.197. The van der Waals surface area contributed by atoms with Crippen molar-refractivity contribution in [3.05, 3.63) is 46.9 Å². The minimum Gasteiger partial charge on any atom is -0.436 e. The number of para-hydroxylation sites is 1. The first-order chi connectivity index (χ1) is 8.24. The van der Waals surface area contributed by atoms with E-state index in [0.29, 0.717) is 28.2 Å². The van der Waals surface area contributed by atoms with Gasteiger partial charge in [-0.2, -0.15) is 0 Å². The van der Waals surface area contributed by atoms with Gasteiger partial charge >= 0.3 is 0 Å². The van der Waals surface area contributed by atoms with Gasteiger partial charge in [-0.25, -0.2) is 4.98 Å². The Morgan fingerprint density at radius 1 is 1.29 bits per heavy atom. The van der Waals surface area contributed by atoms with Crippen LogP contribution in [0.25, 0.3) is 22.6 Å². The number of nitrogen functional groups attached to an aromatic ring is 1. The molecule has 2 heterocycles. The highest BCUT2D eigenvalue weighted by molar-refractivity contribution is 5.87. The Balaban J connectivity index is 2.25. The van der Waals surface area contributed by atoms with Gasteiger partial charge in [-0.05, 0) is 18.2 Å². The first-order valence-electron chi connectivity index (χ1n) is 5.08. The van der Waals surface area contributed by atoms with Gasteiger partial charge in [0, 0.05) is 17.8 Å². The fourth-order valence-corrected chi connectivity index (χ4v) is 1.67. The quantitative estimate of drug-likeness (QED) is 0.620. The number of aromatic nitrogens is 2. The minimum atomic E-state index is -0.197. The molecule has 5 nitrogen and oxygen atoms in total. The lowest BCUT2D eigenvalue weighted by molar-refractivity contribution is 0.619. The summed E-state index contributed by atoms with van der Waals surface area (Å²) >= 11 is 0. The van der Waals surface area contributed by atoms with E-state index in [-0.39, 0.29) is 5.56 Å². The molecule has 0 spiro atoms. The van der Waals surface area contributed by atoms with Gasteiger partial charge in [-0.3, -0.25) is 4.79 Å². The van der Waals surface area contributed by atoms with Crippen LogP contribution < -0.4 is 11.3 Å². The second kappa shape index (κ2) is 3.48. The van der Waals surface area contributed by atoms with Crippen LogP contribution in [-0.4, -0.2) is 9.97 Å². The summed E-state index contributed by atoms with van der Waals surface area (Å²) in [6, 6.07) is 8.50. The van der Waals surface area contributed by atoms with Crippen molar-refractivity contribution in [2.75, 3.05) is 5.73 Å². The number of aromatic amines is 1. The van der Waals surface area contributed by atoms with Crippen LogP contribution in [-0.2, 0) is 0 Å². The molecule has 2 aromatic heterocycles. The van der Waals surface area contributed by atoms with Gasteiger partial charge in [0.05, 0.1) is 5.69 Å². The second-order valence-electron chi connectivity index (χ2n) is 3.65. The van der Waals surface area contributed by atoms with Crippen molar-refractivity contribution in [1.29, 1.82) is 0 Å². The Bertz CT molecular complexity index is 743. The van der Waals surface area contributed by atoms with E-state index < -0.39 is 0 Å². The van der Waals surface area contributed by atoms with E-state index in [0.717, 1.165) is 0 Å². The number of hydrogen-bond donors (Lipinski definition) is 2. The van der Waals surface area contributed by atoms with Crippen molar-refractivity contribution in [3.63, 3.8) is 0 Å². The van der Waals surface area contributed by atoms with E-state index in [2.05, 4.69) is 9.97 Å². The van der Waals surface area contributed by atoms with Crippen molar-refractivity contribution >= 4 is 16.8 Å². The normalized spacial score (nSPS) is 10.8. The van der Waals surface area contributed by atoms with Gasteiger partial charge in [0.1, 0.15) is 5.52 Å². The van der Waals surface area contributed by atoms with Crippen molar-refractivity contribution < 1.29 is 4.42 Å². The smallest absolute Gasteiger partial charge is 0.248 e. The number of hydrogen-bond acceptors (Lipinski definition) is 4. The summed E-state index contributed by atoms with van der Waals surface area (Å²) in [4.78, 5) is 18.0. The van der Waals surface area contributed by atoms with E-state index in [1.807, 2.05) is 0 Å². The van der Waals surface area contributed by atoms with Gasteiger partial charge in [-0.1, -0.05) is 6.07 Å². The number of benzene rings is 1. The highest BCUT2D eigenvalue weighted by atomic mass is 16.3. The summed E-state index contributed by atoms with van der Waals surface area (Å²) in [5.41, 5.74) is 8.00. The number of H-pyrrole nitrogens is 1. The third-order valence-corrected chi connectivity index (χ3v) is 2.47. The number of rotatable bonds is 1. The first-order valence-corrected chi connectivity index (χ1v) is 5.08. The SMILES string of the molecule is Nc1cccc2oc(-c3cc[nH]c(=O)c3)nc12. The van der Waals surface area contributed by atoms with Crippen molar-refractivity contribution in [2.45, 2.75) is 0 Å². The molecule has 0 radical (unpaired) electrons. The van der Waals surface area contributed by atoms with E-state index >= 15 is 0 Å². The molecule has 3 N–H and O–H groups in total. The molecule has 3 rings (SSSR count). The van der Waals surface area contributed by atoms with Crippen LogP contribution in [0.4, 0.5) is 5.69 Å². The summed E-state index contributed by atoms with van der Waals surface area (Å²) in [5, 5.41) is 0. The first kappa shape index (κ1) is 9.65. The third kappa shape index (κ3) is 1.57. The summed E-state index contributed by atoms with van der Waals surface area (Å²) in [5.74, 6) is 0.393. The molecule has 0 unspecified atom stereocenters. The third-order valence-electron chi connectivity index (χ3n) is 2.47. The van der Waals surface area contributed by atoms with Crippen LogP contribution in [0.1, 0.15) is 0 Å². The molecule has 0 aliphatic heterocycles. The molecule has 3 aromatic rings. The molecular weight excluding hydrogens is 218 g/mol. The number of nitrogens with zero attached hydrogens (tertiary/aromatic N) is 1. The van der Waals surface area contributed by atoms with E-state index in [1.54, 1.807) is 30.5 Å². The van der Waals surface area contributed by atoms with Crippen LogP contribution in [0.3, 0.4) is 0 Å². The van der Waals surface area contributed by atoms with E-state index in [1.165, 1.54) is 6.07 Å². The monoisotopic (exact) mass is 227 g/mol. The van der Waals surface area contributed by atoms with Crippen molar-refractivity contribution in [2.24, 2.45) is 0 Å². The maximum Gasteiger partial charge on any atom is 0.248 e. The summed E-state index contributed by atoms with van der Waals surface area (Å²) in [7, 11) is 0. The molecule has 0 saturated carbocycles. The Labute approximate surface area is 95.9 Å². The van der Waals surface area contributed by atoms with Gasteiger partial charge in [-0.15, -0.1) is 0 Å². The molecule has 5 heteroatoms. The molecule has 84 valence electrons. The van der Waals surface area contributed by atoms with E-state index in [9.17, 15) is 4.79 Å². The summed E-state index contributed by atoms with van der Waals surface area (Å²) in [6.07, 6.45) is 1.55. The van der Waals surface area contributed by atoms with Crippen molar-refractivity contribution in [3.8, 4) is 11.5 Å².